The highest BCUT2D eigenvalue weighted by Gasteiger charge is 2.53. The summed E-state index contributed by atoms with van der Waals surface area (Å²) in [5.41, 5.74) is 0.386. The third kappa shape index (κ3) is 2.44. The van der Waals surface area contributed by atoms with Crippen molar-refractivity contribution < 1.29 is 14.9 Å². The summed E-state index contributed by atoms with van der Waals surface area (Å²) in [6.45, 7) is 4.36. The molecular weight excluding hydrogens is 276 g/mol. The van der Waals surface area contributed by atoms with Gasteiger partial charge in [-0.3, -0.25) is 0 Å². The van der Waals surface area contributed by atoms with Gasteiger partial charge in [0.05, 0.1) is 18.8 Å². The normalized spacial score (nSPS) is 55.5. The van der Waals surface area contributed by atoms with Crippen molar-refractivity contribution in [1.29, 1.82) is 0 Å². The number of hydrogen-bond acceptors (Lipinski definition) is 3. The second-order valence-electron chi connectivity index (χ2n) is 8.93. The van der Waals surface area contributed by atoms with E-state index >= 15 is 0 Å². The van der Waals surface area contributed by atoms with E-state index in [1.807, 2.05) is 0 Å². The predicted molar refractivity (Wildman–Crippen MR) is 85.3 cm³/mol. The molecule has 2 N–H and O–H groups in total. The van der Waals surface area contributed by atoms with Crippen LogP contribution in [0.25, 0.3) is 0 Å². The first kappa shape index (κ1) is 15.4. The van der Waals surface area contributed by atoms with Gasteiger partial charge in [0, 0.05) is 6.61 Å². The number of ether oxygens (including phenoxy) is 1. The molecule has 1 saturated heterocycles. The molecule has 22 heavy (non-hydrogen) atoms. The van der Waals surface area contributed by atoms with E-state index < -0.39 is 12.2 Å². The van der Waals surface area contributed by atoms with Crippen LogP contribution in [0.5, 0.6) is 0 Å². The Morgan fingerprint density at radius 2 is 1.73 bits per heavy atom. The first-order valence-corrected chi connectivity index (χ1v) is 9.52. The Morgan fingerprint density at radius 1 is 0.909 bits per heavy atom. The molecule has 0 amide bonds. The third-order valence-corrected chi connectivity index (χ3v) is 7.77. The van der Waals surface area contributed by atoms with Crippen LogP contribution in [0.4, 0.5) is 0 Å². The van der Waals surface area contributed by atoms with Crippen molar-refractivity contribution in [2.45, 2.75) is 70.5 Å². The van der Waals surface area contributed by atoms with Gasteiger partial charge in [0.15, 0.2) is 0 Å². The lowest BCUT2D eigenvalue weighted by Crippen LogP contribution is -2.52. The number of aliphatic hydroxyl groups is 2. The first-order valence-electron chi connectivity index (χ1n) is 9.52. The smallest absolute Gasteiger partial charge is 0.0802 e. The van der Waals surface area contributed by atoms with Crippen LogP contribution in [0.1, 0.15) is 58.3 Å². The minimum absolute atomic E-state index is 0.386. The molecule has 3 heteroatoms. The maximum absolute atomic E-state index is 10.2. The maximum Gasteiger partial charge on any atom is 0.0802 e. The summed E-state index contributed by atoms with van der Waals surface area (Å²) in [7, 11) is 0. The molecule has 0 aromatic carbocycles. The number of fused-ring (bicyclic) bond motifs is 5. The van der Waals surface area contributed by atoms with Gasteiger partial charge in [-0.15, -0.1) is 0 Å². The summed E-state index contributed by atoms with van der Waals surface area (Å²) < 4.78 is 5.91. The highest BCUT2D eigenvalue weighted by Crippen LogP contribution is 2.59. The zero-order chi connectivity index (χ0) is 15.3. The van der Waals surface area contributed by atoms with Crippen molar-refractivity contribution in [3.05, 3.63) is 0 Å². The minimum atomic E-state index is -0.481. The second kappa shape index (κ2) is 5.75. The van der Waals surface area contributed by atoms with E-state index in [1.165, 1.54) is 38.5 Å². The van der Waals surface area contributed by atoms with Crippen LogP contribution in [0.15, 0.2) is 0 Å². The van der Waals surface area contributed by atoms with Crippen molar-refractivity contribution in [3.63, 3.8) is 0 Å². The van der Waals surface area contributed by atoms with Crippen molar-refractivity contribution in [3.8, 4) is 0 Å². The Labute approximate surface area is 134 Å². The third-order valence-electron chi connectivity index (χ3n) is 7.77. The van der Waals surface area contributed by atoms with Gasteiger partial charge < -0.3 is 14.9 Å². The molecule has 0 aromatic heterocycles. The van der Waals surface area contributed by atoms with Crippen LogP contribution in [-0.4, -0.2) is 35.6 Å². The van der Waals surface area contributed by atoms with Crippen LogP contribution < -0.4 is 0 Å². The van der Waals surface area contributed by atoms with E-state index in [1.54, 1.807) is 0 Å². The molecule has 0 aromatic rings. The Hall–Kier alpha value is -0.120. The molecule has 3 aliphatic carbocycles. The SMILES string of the molecule is CC12CCC3C4CC(O)C(O)CC4CCC3C1CCCOC2. The molecular formula is C19H32O3. The lowest BCUT2D eigenvalue weighted by Gasteiger charge is -2.56. The van der Waals surface area contributed by atoms with E-state index in [2.05, 4.69) is 6.92 Å². The molecule has 3 nitrogen and oxygen atoms in total. The standard InChI is InChI=1S/C19H32O3/c1-19-7-6-13-14(16(19)3-2-8-22-11-19)5-4-12-9-17(20)18(21)10-15(12)13/h12-18,20-21H,2-11H2,1H3. The fourth-order valence-electron chi connectivity index (χ4n) is 6.64. The van der Waals surface area contributed by atoms with Gasteiger partial charge in [0.2, 0.25) is 0 Å². The fraction of sp³-hybridized carbons (Fsp3) is 1.00. The van der Waals surface area contributed by atoms with Crippen LogP contribution >= 0.6 is 0 Å². The molecule has 4 aliphatic rings. The summed E-state index contributed by atoms with van der Waals surface area (Å²) in [6.07, 6.45) is 8.49. The molecule has 1 heterocycles. The molecule has 0 spiro atoms. The molecule has 0 radical (unpaired) electrons. The Balaban J connectivity index is 1.56. The van der Waals surface area contributed by atoms with Gasteiger partial charge in [0.25, 0.3) is 0 Å². The molecule has 4 fully saturated rings. The number of hydrogen-bond donors (Lipinski definition) is 2. The van der Waals surface area contributed by atoms with Crippen molar-refractivity contribution in [2.75, 3.05) is 13.2 Å². The molecule has 1 aliphatic heterocycles. The average molecular weight is 308 g/mol. The summed E-state index contributed by atoms with van der Waals surface area (Å²) >= 11 is 0. The second-order valence-corrected chi connectivity index (χ2v) is 8.93. The Morgan fingerprint density at radius 3 is 2.59 bits per heavy atom. The van der Waals surface area contributed by atoms with Gasteiger partial charge >= 0.3 is 0 Å². The Kier molecular flexibility index (Phi) is 4.03. The zero-order valence-electron chi connectivity index (χ0n) is 13.9. The summed E-state index contributed by atoms with van der Waals surface area (Å²) in [6, 6.07) is 0. The fourth-order valence-corrected chi connectivity index (χ4v) is 6.64. The van der Waals surface area contributed by atoms with Crippen molar-refractivity contribution in [2.24, 2.45) is 35.0 Å². The largest absolute Gasteiger partial charge is 0.390 e. The molecule has 0 bridgehead atoms. The molecule has 4 rings (SSSR count). The lowest BCUT2D eigenvalue weighted by molar-refractivity contribution is -0.121. The molecule has 3 saturated carbocycles. The number of aliphatic hydroxyl groups excluding tert-OH is 2. The average Bonchev–Trinajstić information content (AvgIpc) is 2.69. The van der Waals surface area contributed by atoms with E-state index in [9.17, 15) is 10.2 Å². The van der Waals surface area contributed by atoms with E-state index in [0.717, 1.165) is 43.8 Å². The molecule has 8 unspecified atom stereocenters. The highest BCUT2D eigenvalue weighted by molar-refractivity contribution is 5.02. The highest BCUT2D eigenvalue weighted by atomic mass is 16.5. The topological polar surface area (TPSA) is 49.7 Å². The molecule has 126 valence electrons. The van der Waals surface area contributed by atoms with Gasteiger partial charge in [-0.2, -0.15) is 0 Å². The van der Waals surface area contributed by atoms with Gasteiger partial charge in [-0.25, -0.2) is 0 Å². The minimum Gasteiger partial charge on any atom is -0.390 e. The van der Waals surface area contributed by atoms with E-state index in [4.69, 9.17) is 4.74 Å². The van der Waals surface area contributed by atoms with Crippen LogP contribution in [0, 0.1) is 35.0 Å². The Bertz CT molecular complexity index is 411. The van der Waals surface area contributed by atoms with Crippen LogP contribution in [0.3, 0.4) is 0 Å². The monoisotopic (exact) mass is 308 g/mol. The van der Waals surface area contributed by atoms with Crippen LogP contribution in [-0.2, 0) is 4.74 Å². The summed E-state index contributed by atoms with van der Waals surface area (Å²) in [5.74, 6) is 3.76. The maximum atomic E-state index is 10.2. The zero-order valence-corrected chi connectivity index (χ0v) is 13.9. The summed E-state index contributed by atoms with van der Waals surface area (Å²) in [5, 5.41) is 20.2. The van der Waals surface area contributed by atoms with Gasteiger partial charge in [-0.05, 0) is 86.4 Å². The van der Waals surface area contributed by atoms with E-state index in [-0.39, 0.29) is 0 Å². The quantitative estimate of drug-likeness (QED) is 0.723. The van der Waals surface area contributed by atoms with Gasteiger partial charge in [0.1, 0.15) is 0 Å². The van der Waals surface area contributed by atoms with E-state index in [0.29, 0.717) is 17.3 Å². The lowest BCUT2D eigenvalue weighted by atomic mass is 9.49. The van der Waals surface area contributed by atoms with Gasteiger partial charge in [-0.1, -0.05) is 6.92 Å². The number of rotatable bonds is 0. The predicted octanol–water partition coefficient (Wildman–Crippen LogP) is 2.99. The first-order chi connectivity index (χ1) is 10.6. The van der Waals surface area contributed by atoms with Crippen molar-refractivity contribution in [1.82, 2.24) is 0 Å². The molecule has 8 atom stereocenters. The summed E-state index contributed by atoms with van der Waals surface area (Å²) in [4.78, 5) is 0. The van der Waals surface area contributed by atoms with Crippen molar-refractivity contribution >= 4 is 0 Å². The van der Waals surface area contributed by atoms with Crippen LogP contribution in [0.2, 0.25) is 0 Å².